The highest BCUT2D eigenvalue weighted by atomic mass is 32.1. The van der Waals surface area contributed by atoms with Crippen molar-refractivity contribution < 1.29 is 9.53 Å². The largest absolute Gasteiger partial charge is 0.492 e. The first-order chi connectivity index (χ1) is 12.2. The van der Waals surface area contributed by atoms with Gasteiger partial charge in [0.1, 0.15) is 12.4 Å². The lowest BCUT2D eigenvalue weighted by molar-refractivity contribution is -0.115. The van der Waals surface area contributed by atoms with E-state index in [-0.39, 0.29) is 5.91 Å². The summed E-state index contributed by atoms with van der Waals surface area (Å²) in [5.41, 5.74) is 12.5. The van der Waals surface area contributed by atoms with E-state index in [4.69, 9.17) is 10.5 Å². The molecule has 132 valence electrons. The van der Waals surface area contributed by atoms with Crippen LogP contribution in [0.25, 0.3) is 5.70 Å². The normalized spacial score (nSPS) is 13.7. The summed E-state index contributed by atoms with van der Waals surface area (Å²) in [6, 6.07) is 7.62. The van der Waals surface area contributed by atoms with E-state index in [2.05, 4.69) is 16.8 Å². The molecule has 1 aromatic carbocycles. The molecular formula is C18H22N4O2S. The zero-order valence-corrected chi connectivity index (χ0v) is 14.9. The van der Waals surface area contributed by atoms with Gasteiger partial charge in [-0.25, -0.2) is 5.43 Å². The molecule has 3 rings (SSSR count). The van der Waals surface area contributed by atoms with Crippen LogP contribution in [0.15, 0.2) is 41.1 Å². The summed E-state index contributed by atoms with van der Waals surface area (Å²) in [4.78, 5) is 12.2. The molecule has 7 heteroatoms. The van der Waals surface area contributed by atoms with Gasteiger partial charge in [0.15, 0.2) is 0 Å². The van der Waals surface area contributed by atoms with Gasteiger partial charge < -0.3 is 20.8 Å². The van der Waals surface area contributed by atoms with Gasteiger partial charge in [0, 0.05) is 31.4 Å². The predicted molar refractivity (Wildman–Crippen MR) is 101 cm³/mol. The number of nitrogens with one attached hydrogen (secondary N) is 2. The second-order valence-electron chi connectivity index (χ2n) is 5.72. The molecule has 2 aromatic rings. The van der Waals surface area contributed by atoms with Crippen LogP contribution in [0, 0.1) is 0 Å². The highest BCUT2D eigenvalue weighted by molar-refractivity contribution is 7.08. The third kappa shape index (κ3) is 4.39. The Kier molecular flexibility index (Phi) is 5.70. The first kappa shape index (κ1) is 17.5. The molecule has 1 aromatic heterocycles. The van der Waals surface area contributed by atoms with Crippen LogP contribution in [-0.2, 0) is 11.2 Å². The van der Waals surface area contributed by atoms with Gasteiger partial charge in [-0.1, -0.05) is 0 Å². The molecule has 1 aliphatic heterocycles. The zero-order valence-electron chi connectivity index (χ0n) is 14.1. The zero-order chi connectivity index (χ0) is 17.6. The number of hydrogen-bond acceptors (Lipinski definition) is 6. The molecule has 0 saturated carbocycles. The van der Waals surface area contributed by atoms with E-state index in [0.717, 1.165) is 34.8 Å². The average molecular weight is 358 g/mol. The lowest BCUT2D eigenvalue weighted by atomic mass is 10.1. The molecule has 6 nitrogen and oxygen atoms in total. The second-order valence-corrected chi connectivity index (χ2v) is 6.50. The highest BCUT2D eigenvalue weighted by Crippen LogP contribution is 2.31. The number of hydrogen-bond donors (Lipinski definition) is 3. The Labute approximate surface area is 151 Å². The lowest BCUT2D eigenvalue weighted by Gasteiger charge is -2.20. The van der Waals surface area contributed by atoms with Gasteiger partial charge in [-0.3, -0.25) is 4.79 Å². The van der Waals surface area contributed by atoms with E-state index in [9.17, 15) is 4.79 Å². The van der Waals surface area contributed by atoms with Crippen molar-refractivity contribution >= 4 is 28.6 Å². The van der Waals surface area contributed by atoms with Crippen LogP contribution in [0.5, 0.6) is 5.75 Å². The Morgan fingerprint density at radius 3 is 3.00 bits per heavy atom. The van der Waals surface area contributed by atoms with Gasteiger partial charge in [0.25, 0.3) is 0 Å². The number of nitrogens with two attached hydrogens (primary N) is 1. The van der Waals surface area contributed by atoms with Crippen LogP contribution in [0.1, 0.15) is 11.1 Å². The van der Waals surface area contributed by atoms with Crippen molar-refractivity contribution in [1.82, 2.24) is 10.4 Å². The van der Waals surface area contributed by atoms with Crippen molar-refractivity contribution in [3.05, 3.63) is 52.2 Å². The molecule has 0 saturated heterocycles. The monoisotopic (exact) mass is 358 g/mol. The van der Waals surface area contributed by atoms with Crippen LogP contribution in [0.3, 0.4) is 0 Å². The summed E-state index contributed by atoms with van der Waals surface area (Å²) in [6.07, 6.45) is 2.45. The Bertz CT molecular complexity index is 758. The SMILES string of the molecule is CN1NCC=C1c1cc(NC(=O)Cc2ccsc2)ccc1OCCN. The maximum Gasteiger partial charge on any atom is 0.228 e. The van der Waals surface area contributed by atoms with E-state index < -0.39 is 0 Å². The Hall–Kier alpha value is -2.35. The first-order valence-electron chi connectivity index (χ1n) is 8.13. The smallest absolute Gasteiger partial charge is 0.228 e. The average Bonchev–Trinajstić information content (AvgIpc) is 3.25. The molecule has 0 unspecified atom stereocenters. The predicted octanol–water partition coefficient (Wildman–Crippen LogP) is 2.06. The molecule has 0 radical (unpaired) electrons. The van der Waals surface area contributed by atoms with E-state index in [0.29, 0.717) is 19.6 Å². The quantitative estimate of drug-likeness (QED) is 0.706. The number of anilines is 1. The van der Waals surface area contributed by atoms with E-state index in [1.165, 1.54) is 0 Å². The minimum atomic E-state index is -0.0353. The summed E-state index contributed by atoms with van der Waals surface area (Å²) < 4.78 is 5.76. The number of thiophene rings is 1. The molecule has 25 heavy (non-hydrogen) atoms. The third-order valence-corrected chi connectivity index (χ3v) is 4.58. The molecule has 0 fully saturated rings. The standard InChI is InChI=1S/C18H22N4O2S/c1-22-16(4-7-20-22)15-11-14(2-3-17(15)24-8-6-19)21-18(23)10-13-5-9-25-12-13/h2-5,9,11-12,20H,6-8,10,19H2,1H3,(H,21,23). The molecule has 2 heterocycles. The molecule has 4 N–H and O–H groups in total. The minimum absolute atomic E-state index is 0.0353. The third-order valence-electron chi connectivity index (χ3n) is 3.84. The number of rotatable bonds is 7. The molecule has 0 aliphatic carbocycles. The molecule has 1 amide bonds. The number of benzene rings is 1. The summed E-state index contributed by atoms with van der Waals surface area (Å²) >= 11 is 1.59. The van der Waals surface area contributed by atoms with E-state index in [1.807, 2.05) is 47.1 Å². The molecule has 1 aliphatic rings. The number of nitrogens with zero attached hydrogens (tertiary/aromatic N) is 1. The maximum atomic E-state index is 12.2. The molecule has 0 spiro atoms. The topological polar surface area (TPSA) is 79.6 Å². The van der Waals surface area contributed by atoms with Crippen molar-refractivity contribution in [1.29, 1.82) is 0 Å². The van der Waals surface area contributed by atoms with Gasteiger partial charge >= 0.3 is 0 Å². The first-order valence-corrected chi connectivity index (χ1v) is 9.07. The van der Waals surface area contributed by atoms with Crippen LogP contribution >= 0.6 is 11.3 Å². The summed E-state index contributed by atoms with van der Waals surface area (Å²) in [6.45, 7) is 1.66. The number of amides is 1. The van der Waals surface area contributed by atoms with Gasteiger partial charge in [0.2, 0.25) is 5.91 Å². The number of carbonyl (C=O) groups excluding carboxylic acids is 1. The van der Waals surface area contributed by atoms with Crippen LogP contribution in [0.4, 0.5) is 5.69 Å². The molecule has 0 bridgehead atoms. The molecule has 0 atom stereocenters. The maximum absolute atomic E-state index is 12.2. The van der Waals surface area contributed by atoms with Crippen LogP contribution in [-0.4, -0.2) is 37.7 Å². The van der Waals surface area contributed by atoms with Gasteiger partial charge in [-0.15, -0.1) is 0 Å². The summed E-state index contributed by atoms with van der Waals surface area (Å²) in [5, 5.41) is 8.86. The lowest BCUT2D eigenvalue weighted by Crippen LogP contribution is -2.27. The Morgan fingerprint density at radius 2 is 2.32 bits per heavy atom. The van der Waals surface area contributed by atoms with Crippen molar-refractivity contribution in [2.45, 2.75) is 6.42 Å². The van der Waals surface area contributed by atoms with E-state index in [1.54, 1.807) is 11.3 Å². The fraction of sp³-hybridized carbons (Fsp3) is 0.278. The van der Waals surface area contributed by atoms with Crippen molar-refractivity contribution in [3.63, 3.8) is 0 Å². The fourth-order valence-electron chi connectivity index (χ4n) is 2.68. The minimum Gasteiger partial charge on any atom is -0.492 e. The molecular weight excluding hydrogens is 336 g/mol. The van der Waals surface area contributed by atoms with Crippen molar-refractivity contribution in [2.75, 3.05) is 32.1 Å². The van der Waals surface area contributed by atoms with Crippen molar-refractivity contribution in [3.8, 4) is 5.75 Å². The highest BCUT2D eigenvalue weighted by Gasteiger charge is 2.18. The summed E-state index contributed by atoms with van der Waals surface area (Å²) in [7, 11) is 1.95. The second kappa shape index (κ2) is 8.15. The van der Waals surface area contributed by atoms with Crippen LogP contribution in [0.2, 0.25) is 0 Å². The van der Waals surface area contributed by atoms with Crippen LogP contribution < -0.4 is 21.2 Å². The van der Waals surface area contributed by atoms with E-state index >= 15 is 0 Å². The van der Waals surface area contributed by atoms with Gasteiger partial charge in [-0.2, -0.15) is 11.3 Å². The Balaban J connectivity index is 1.79. The fourth-order valence-corrected chi connectivity index (χ4v) is 3.35. The van der Waals surface area contributed by atoms with Gasteiger partial charge in [0.05, 0.1) is 12.1 Å². The number of hydrazine groups is 1. The summed E-state index contributed by atoms with van der Waals surface area (Å²) in [5.74, 6) is 0.718. The Morgan fingerprint density at radius 1 is 1.44 bits per heavy atom. The number of ether oxygens (including phenoxy) is 1. The van der Waals surface area contributed by atoms with Gasteiger partial charge in [-0.05, 0) is 46.7 Å². The number of carbonyl (C=O) groups is 1. The van der Waals surface area contributed by atoms with Crippen molar-refractivity contribution in [2.24, 2.45) is 5.73 Å².